The molecule has 2 aromatic rings. The minimum absolute atomic E-state index is 0.119. The summed E-state index contributed by atoms with van der Waals surface area (Å²) >= 11 is 2.13. The monoisotopic (exact) mass is 448 g/mol. The van der Waals surface area contributed by atoms with Crippen molar-refractivity contribution in [3.63, 3.8) is 0 Å². The van der Waals surface area contributed by atoms with Crippen LogP contribution in [0.3, 0.4) is 0 Å². The van der Waals surface area contributed by atoms with Crippen molar-refractivity contribution in [3.8, 4) is 17.6 Å². The molecule has 0 saturated carbocycles. The van der Waals surface area contributed by atoms with Crippen LogP contribution in [0, 0.1) is 21.8 Å². The minimum Gasteiger partial charge on any atom is -0.493 e. The van der Waals surface area contributed by atoms with E-state index in [1.54, 1.807) is 25.3 Å². The van der Waals surface area contributed by atoms with Gasteiger partial charge in [-0.1, -0.05) is 24.3 Å². The molecule has 0 aliphatic heterocycles. The number of carbonyl (C=O) groups excluding carboxylic acids is 1. The van der Waals surface area contributed by atoms with Crippen LogP contribution in [0.2, 0.25) is 0 Å². The lowest BCUT2D eigenvalue weighted by Gasteiger charge is -2.14. The number of aryl methyl sites for hydroxylation is 1. The van der Waals surface area contributed by atoms with Gasteiger partial charge >= 0.3 is 0 Å². The Hall–Kier alpha value is -2.53. The number of benzene rings is 2. The van der Waals surface area contributed by atoms with Crippen molar-refractivity contribution in [2.45, 2.75) is 13.5 Å². The maximum Gasteiger partial charge on any atom is 0.259 e. The molecule has 0 saturated heterocycles. The summed E-state index contributed by atoms with van der Waals surface area (Å²) in [6.07, 6.45) is 1.43. The lowest BCUT2D eigenvalue weighted by Crippen LogP contribution is -2.12. The number of nitrogens with zero attached hydrogens (tertiary/aromatic N) is 1. The van der Waals surface area contributed by atoms with Crippen molar-refractivity contribution in [2.75, 3.05) is 7.11 Å². The van der Waals surface area contributed by atoms with E-state index in [0.29, 0.717) is 23.7 Å². The van der Waals surface area contributed by atoms with Gasteiger partial charge in [0.25, 0.3) is 5.91 Å². The molecule has 1 amide bonds. The molecule has 0 radical (unpaired) electrons. The van der Waals surface area contributed by atoms with E-state index in [0.717, 1.165) is 14.7 Å². The second kappa shape index (κ2) is 8.53. The average molecular weight is 448 g/mol. The van der Waals surface area contributed by atoms with Gasteiger partial charge in [0.2, 0.25) is 0 Å². The number of hydrogen-bond donors (Lipinski definition) is 1. The highest BCUT2D eigenvalue weighted by molar-refractivity contribution is 14.1. The summed E-state index contributed by atoms with van der Waals surface area (Å²) in [5.74, 6) is 0.367. The summed E-state index contributed by atoms with van der Waals surface area (Å²) in [7, 11) is 1.54. The molecular weight excluding hydrogens is 431 g/mol. The molecule has 0 bridgehead atoms. The highest BCUT2D eigenvalue weighted by Gasteiger charge is 2.13. The SMILES string of the molecule is COc1cc(C=C(C#N)C(N)=O)cc(I)c1OCc1ccccc1C. The molecule has 2 aromatic carbocycles. The van der Waals surface area contributed by atoms with E-state index in [2.05, 4.69) is 22.6 Å². The fourth-order valence-corrected chi connectivity index (χ4v) is 2.99. The highest BCUT2D eigenvalue weighted by Crippen LogP contribution is 2.35. The maximum absolute atomic E-state index is 11.2. The van der Waals surface area contributed by atoms with Crippen LogP contribution >= 0.6 is 22.6 Å². The zero-order valence-electron chi connectivity index (χ0n) is 13.9. The molecule has 128 valence electrons. The highest BCUT2D eigenvalue weighted by atomic mass is 127. The third-order valence-corrected chi connectivity index (χ3v) is 4.38. The molecule has 2 N–H and O–H groups in total. The third kappa shape index (κ3) is 4.73. The lowest BCUT2D eigenvalue weighted by atomic mass is 10.1. The number of ether oxygens (including phenoxy) is 2. The van der Waals surface area contributed by atoms with Gasteiger partial charge in [0.15, 0.2) is 11.5 Å². The van der Waals surface area contributed by atoms with Gasteiger partial charge in [0.05, 0.1) is 10.7 Å². The molecular formula is C19H17IN2O3. The summed E-state index contributed by atoms with van der Waals surface area (Å²) in [6, 6.07) is 13.3. The predicted octanol–water partition coefficient (Wildman–Crippen LogP) is 3.58. The molecule has 0 unspecified atom stereocenters. The molecule has 0 atom stereocenters. The smallest absolute Gasteiger partial charge is 0.259 e. The fourth-order valence-electron chi connectivity index (χ4n) is 2.21. The Morgan fingerprint density at radius 3 is 2.68 bits per heavy atom. The quantitative estimate of drug-likeness (QED) is 0.416. The molecule has 0 fully saturated rings. The molecule has 25 heavy (non-hydrogen) atoms. The first kappa shape index (κ1) is 18.8. The van der Waals surface area contributed by atoms with Crippen LogP contribution in [0.4, 0.5) is 0 Å². The lowest BCUT2D eigenvalue weighted by molar-refractivity contribution is -0.114. The standard InChI is InChI=1S/C19H17IN2O3/c1-12-5-3-4-6-14(12)11-25-18-16(20)8-13(9-17(18)24-2)7-15(10-21)19(22)23/h3-9H,11H2,1-2H3,(H2,22,23). The van der Waals surface area contributed by atoms with Crippen LogP contribution in [-0.4, -0.2) is 13.0 Å². The first-order chi connectivity index (χ1) is 12.0. The summed E-state index contributed by atoms with van der Waals surface area (Å²) < 4.78 is 12.2. The van der Waals surface area contributed by atoms with E-state index in [1.807, 2.05) is 31.2 Å². The molecule has 0 aliphatic rings. The second-order valence-corrected chi connectivity index (χ2v) is 6.45. The summed E-state index contributed by atoms with van der Waals surface area (Å²) in [5, 5.41) is 8.97. The van der Waals surface area contributed by atoms with Crippen LogP contribution in [-0.2, 0) is 11.4 Å². The van der Waals surface area contributed by atoms with Gasteiger partial charge in [-0.3, -0.25) is 4.79 Å². The Kier molecular flexibility index (Phi) is 6.42. The van der Waals surface area contributed by atoms with E-state index in [-0.39, 0.29) is 5.57 Å². The predicted molar refractivity (Wildman–Crippen MR) is 104 cm³/mol. The molecule has 0 heterocycles. The minimum atomic E-state index is -0.767. The summed E-state index contributed by atoms with van der Waals surface area (Å²) in [4.78, 5) is 11.2. The van der Waals surface area contributed by atoms with E-state index < -0.39 is 5.91 Å². The number of halogens is 1. The van der Waals surface area contributed by atoms with Gasteiger partial charge in [-0.05, 0) is 64.4 Å². The Morgan fingerprint density at radius 1 is 1.36 bits per heavy atom. The van der Waals surface area contributed by atoms with Crippen molar-refractivity contribution in [1.29, 1.82) is 5.26 Å². The Bertz CT molecular complexity index is 869. The number of primary amides is 1. The summed E-state index contributed by atoms with van der Waals surface area (Å²) in [6.45, 7) is 2.45. The number of hydrogen-bond acceptors (Lipinski definition) is 4. The van der Waals surface area contributed by atoms with Crippen LogP contribution in [0.25, 0.3) is 6.08 Å². The normalized spacial score (nSPS) is 10.9. The second-order valence-electron chi connectivity index (χ2n) is 5.28. The topological polar surface area (TPSA) is 85.3 Å². The number of amides is 1. The van der Waals surface area contributed by atoms with Gasteiger partial charge in [0, 0.05) is 0 Å². The van der Waals surface area contributed by atoms with Gasteiger partial charge in [0.1, 0.15) is 18.2 Å². The van der Waals surface area contributed by atoms with Crippen LogP contribution in [0.1, 0.15) is 16.7 Å². The molecule has 0 aliphatic carbocycles. The first-order valence-electron chi connectivity index (χ1n) is 7.42. The fraction of sp³-hybridized carbons (Fsp3) is 0.158. The zero-order valence-corrected chi connectivity index (χ0v) is 16.0. The van der Waals surface area contributed by atoms with Crippen molar-refractivity contribution in [1.82, 2.24) is 0 Å². The van der Waals surface area contributed by atoms with Crippen LogP contribution < -0.4 is 15.2 Å². The number of rotatable bonds is 6. The molecule has 5 nitrogen and oxygen atoms in total. The molecule has 0 spiro atoms. The number of nitriles is 1. The van der Waals surface area contributed by atoms with Crippen molar-refractivity contribution < 1.29 is 14.3 Å². The van der Waals surface area contributed by atoms with Gasteiger partial charge in [-0.25, -0.2) is 0 Å². The Labute approximate surface area is 160 Å². The Balaban J connectivity index is 2.33. The van der Waals surface area contributed by atoms with Crippen molar-refractivity contribution >= 4 is 34.6 Å². The molecule has 0 aromatic heterocycles. The van der Waals surface area contributed by atoms with Crippen molar-refractivity contribution in [2.24, 2.45) is 5.73 Å². The van der Waals surface area contributed by atoms with E-state index in [9.17, 15) is 4.79 Å². The van der Waals surface area contributed by atoms with E-state index >= 15 is 0 Å². The third-order valence-electron chi connectivity index (χ3n) is 3.58. The van der Waals surface area contributed by atoms with Gasteiger partial charge in [-0.15, -0.1) is 0 Å². The van der Waals surface area contributed by atoms with Gasteiger partial charge in [-0.2, -0.15) is 5.26 Å². The van der Waals surface area contributed by atoms with Gasteiger partial charge < -0.3 is 15.2 Å². The van der Waals surface area contributed by atoms with Crippen LogP contribution in [0.5, 0.6) is 11.5 Å². The number of nitrogens with two attached hydrogens (primary N) is 1. The maximum atomic E-state index is 11.2. The van der Waals surface area contributed by atoms with E-state index in [1.165, 1.54) is 6.08 Å². The van der Waals surface area contributed by atoms with E-state index in [4.69, 9.17) is 20.5 Å². The van der Waals surface area contributed by atoms with Crippen molar-refractivity contribution in [3.05, 3.63) is 62.2 Å². The zero-order chi connectivity index (χ0) is 18.4. The largest absolute Gasteiger partial charge is 0.493 e. The first-order valence-corrected chi connectivity index (χ1v) is 8.50. The average Bonchev–Trinajstić information content (AvgIpc) is 2.59. The molecule has 6 heteroatoms. The number of methoxy groups -OCH3 is 1. The van der Waals surface area contributed by atoms with Crippen LogP contribution in [0.15, 0.2) is 42.0 Å². The molecule has 2 rings (SSSR count). The summed E-state index contributed by atoms with van der Waals surface area (Å²) in [5.41, 5.74) is 7.93. The number of carbonyl (C=O) groups is 1. The Morgan fingerprint density at radius 2 is 2.08 bits per heavy atom.